The second-order valence-corrected chi connectivity index (χ2v) is 3.54. The average molecular weight is 255 g/mol. The third-order valence-corrected chi connectivity index (χ3v) is 2.27. The van der Waals surface area contributed by atoms with Crippen LogP contribution in [0, 0.1) is 11.3 Å². The largest absolute Gasteiger partial charge is 0.459 e. The van der Waals surface area contributed by atoms with Crippen LogP contribution >= 0.6 is 0 Å². The normalized spacial score (nSPS) is 9.42. The summed E-state index contributed by atoms with van der Waals surface area (Å²) >= 11 is 0. The molecule has 0 saturated carbocycles. The Hall–Kier alpha value is -3.07. The van der Waals surface area contributed by atoms with E-state index in [-0.39, 0.29) is 5.76 Å². The van der Waals surface area contributed by atoms with Crippen LogP contribution in [0.1, 0.15) is 16.1 Å². The molecule has 0 saturated heterocycles. The van der Waals surface area contributed by atoms with Crippen LogP contribution in [0.5, 0.6) is 0 Å². The highest BCUT2D eigenvalue weighted by atomic mass is 16.3. The van der Waals surface area contributed by atoms with E-state index in [1.807, 2.05) is 6.07 Å². The van der Waals surface area contributed by atoms with Gasteiger partial charge in [-0.15, -0.1) is 0 Å². The first-order valence-corrected chi connectivity index (χ1v) is 5.35. The topological polar surface area (TPSA) is 95.1 Å². The van der Waals surface area contributed by atoms with Gasteiger partial charge in [0.15, 0.2) is 5.76 Å². The second-order valence-electron chi connectivity index (χ2n) is 3.54. The Bertz CT molecular complexity index is 641. The van der Waals surface area contributed by atoms with Gasteiger partial charge in [-0.25, -0.2) is 4.79 Å². The summed E-state index contributed by atoms with van der Waals surface area (Å²) < 4.78 is 4.85. The van der Waals surface area contributed by atoms with Crippen molar-refractivity contribution in [2.45, 2.75) is 0 Å². The molecule has 3 amide bonds. The van der Waals surface area contributed by atoms with Gasteiger partial charge < -0.3 is 9.73 Å². The standard InChI is InChI=1S/C13H9N3O3/c14-8-9-4-1-2-5-10(9)15-13(18)16-12(17)11-6-3-7-19-11/h1-7H,(H2,15,16,17,18). The fourth-order valence-electron chi connectivity index (χ4n) is 1.42. The summed E-state index contributed by atoms with van der Waals surface area (Å²) in [7, 11) is 0. The molecule has 6 heteroatoms. The summed E-state index contributed by atoms with van der Waals surface area (Å²) in [6.45, 7) is 0. The Morgan fingerprint density at radius 3 is 2.63 bits per heavy atom. The molecule has 0 atom stereocenters. The van der Waals surface area contributed by atoms with Crippen molar-refractivity contribution in [1.29, 1.82) is 5.26 Å². The van der Waals surface area contributed by atoms with Gasteiger partial charge in [-0.3, -0.25) is 10.1 Å². The molecule has 1 heterocycles. The predicted octanol–water partition coefficient (Wildman–Crippen LogP) is 2.11. The summed E-state index contributed by atoms with van der Waals surface area (Å²) in [6, 6.07) is 10.7. The molecule has 0 fully saturated rings. The van der Waals surface area contributed by atoms with Crippen LogP contribution in [0.25, 0.3) is 0 Å². The fourth-order valence-corrected chi connectivity index (χ4v) is 1.42. The van der Waals surface area contributed by atoms with Crippen LogP contribution in [0.4, 0.5) is 10.5 Å². The predicted molar refractivity (Wildman–Crippen MR) is 66.3 cm³/mol. The summed E-state index contributed by atoms with van der Waals surface area (Å²) in [5.41, 5.74) is 0.637. The first-order chi connectivity index (χ1) is 9.20. The van der Waals surface area contributed by atoms with Crippen molar-refractivity contribution in [3.8, 4) is 6.07 Å². The zero-order valence-corrected chi connectivity index (χ0v) is 9.71. The van der Waals surface area contributed by atoms with Crippen molar-refractivity contribution in [3.05, 3.63) is 54.0 Å². The number of carbonyl (C=O) groups is 2. The molecular weight excluding hydrogens is 246 g/mol. The molecular formula is C13H9N3O3. The number of benzene rings is 1. The van der Waals surface area contributed by atoms with E-state index in [1.165, 1.54) is 18.4 Å². The lowest BCUT2D eigenvalue weighted by molar-refractivity contribution is 0.0940. The number of nitrogens with one attached hydrogen (secondary N) is 2. The van der Waals surface area contributed by atoms with E-state index in [0.29, 0.717) is 11.3 Å². The third-order valence-electron chi connectivity index (χ3n) is 2.27. The molecule has 0 radical (unpaired) electrons. The van der Waals surface area contributed by atoms with Gasteiger partial charge in [-0.2, -0.15) is 5.26 Å². The number of urea groups is 1. The van der Waals surface area contributed by atoms with E-state index in [9.17, 15) is 9.59 Å². The molecule has 6 nitrogen and oxygen atoms in total. The Morgan fingerprint density at radius 2 is 1.95 bits per heavy atom. The molecule has 0 aliphatic carbocycles. The van der Waals surface area contributed by atoms with Gasteiger partial charge in [0, 0.05) is 0 Å². The first kappa shape index (κ1) is 12.4. The number of hydrogen-bond donors (Lipinski definition) is 2. The van der Waals surface area contributed by atoms with Gasteiger partial charge >= 0.3 is 6.03 Å². The van der Waals surface area contributed by atoms with Crippen molar-refractivity contribution in [2.75, 3.05) is 5.32 Å². The zero-order valence-electron chi connectivity index (χ0n) is 9.71. The Balaban J connectivity index is 2.02. The van der Waals surface area contributed by atoms with Gasteiger partial charge in [0.05, 0.1) is 17.5 Å². The van der Waals surface area contributed by atoms with E-state index in [4.69, 9.17) is 9.68 Å². The van der Waals surface area contributed by atoms with Crippen molar-refractivity contribution in [2.24, 2.45) is 0 Å². The van der Waals surface area contributed by atoms with E-state index in [2.05, 4.69) is 10.6 Å². The summed E-state index contributed by atoms with van der Waals surface area (Å²) in [5.74, 6) is -0.624. The lowest BCUT2D eigenvalue weighted by Gasteiger charge is -2.06. The van der Waals surface area contributed by atoms with Gasteiger partial charge in [-0.1, -0.05) is 12.1 Å². The number of nitriles is 1. The number of para-hydroxylation sites is 1. The van der Waals surface area contributed by atoms with E-state index in [0.717, 1.165) is 0 Å². The van der Waals surface area contributed by atoms with Gasteiger partial charge in [0.1, 0.15) is 6.07 Å². The minimum Gasteiger partial charge on any atom is -0.459 e. The van der Waals surface area contributed by atoms with Crippen molar-refractivity contribution in [1.82, 2.24) is 5.32 Å². The molecule has 0 bridgehead atoms. The minimum absolute atomic E-state index is 0.0312. The summed E-state index contributed by atoms with van der Waals surface area (Å²) in [4.78, 5) is 23.1. The molecule has 19 heavy (non-hydrogen) atoms. The maximum atomic E-state index is 11.6. The number of rotatable bonds is 2. The fraction of sp³-hybridized carbons (Fsp3) is 0. The van der Waals surface area contributed by atoms with Crippen molar-refractivity contribution < 1.29 is 14.0 Å². The Labute approximate surface area is 108 Å². The van der Waals surface area contributed by atoms with Crippen LogP contribution in [0.15, 0.2) is 47.1 Å². The van der Waals surface area contributed by atoms with E-state index >= 15 is 0 Å². The van der Waals surface area contributed by atoms with Crippen LogP contribution < -0.4 is 10.6 Å². The van der Waals surface area contributed by atoms with Crippen molar-refractivity contribution >= 4 is 17.6 Å². The Kier molecular flexibility index (Phi) is 3.59. The van der Waals surface area contributed by atoms with E-state index < -0.39 is 11.9 Å². The maximum absolute atomic E-state index is 11.6. The van der Waals surface area contributed by atoms with Gasteiger partial charge in [-0.05, 0) is 24.3 Å². The number of anilines is 1. The number of carbonyl (C=O) groups excluding carboxylic acids is 2. The third kappa shape index (κ3) is 2.98. The van der Waals surface area contributed by atoms with Gasteiger partial charge in [0.2, 0.25) is 0 Å². The molecule has 0 aliphatic heterocycles. The molecule has 0 unspecified atom stereocenters. The highest BCUT2D eigenvalue weighted by molar-refractivity contribution is 6.07. The first-order valence-electron chi connectivity index (χ1n) is 5.35. The zero-order chi connectivity index (χ0) is 13.7. The lowest BCUT2D eigenvalue weighted by Crippen LogP contribution is -2.34. The average Bonchev–Trinajstić information content (AvgIpc) is 2.93. The molecule has 0 spiro atoms. The number of furan rings is 1. The van der Waals surface area contributed by atoms with E-state index in [1.54, 1.807) is 24.3 Å². The number of hydrogen-bond acceptors (Lipinski definition) is 4. The molecule has 94 valence electrons. The van der Waals surface area contributed by atoms with Crippen LogP contribution in [-0.4, -0.2) is 11.9 Å². The monoisotopic (exact) mass is 255 g/mol. The lowest BCUT2D eigenvalue weighted by atomic mass is 10.2. The molecule has 1 aromatic carbocycles. The van der Waals surface area contributed by atoms with Crippen LogP contribution in [-0.2, 0) is 0 Å². The summed E-state index contributed by atoms with van der Waals surface area (Å²) in [6.07, 6.45) is 1.33. The molecule has 2 rings (SSSR count). The van der Waals surface area contributed by atoms with Crippen LogP contribution in [0.2, 0.25) is 0 Å². The quantitative estimate of drug-likeness (QED) is 0.859. The minimum atomic E-state index is -0.732. The van der Waals surface area contributed by atoms with Gasteiger partial charge in [0.25, 0.3) is 5.91 Å². The molecule has 1 aromatic heterocycles. The SMILES string of the molecule is N#Cc1ccccc1NC(=O)NC(=O)c1ccco1. The summed E-state index contributed by atoms with van der Waals surface area (Å²) in [5, 5.41) is 13.4. The number of nitrogens with zero attached hydrogens (tertiary/aromatic N) is 1. The number of amides is 3. The highest BCUT2D eigenvalue weighted by Crippen LogP contribution is 2.13. The molecule has 0 aliphatic rings. The maximum Gasteiger partial charge on any atom is 0.326 e. The molecule has 2 N–H and O–H groups in total. The highest BCUT2D eigenvalue weighted by Gasteiger charge is 2.13. The van der Waals surface area contributed by atoms with Crippen molar-refractivity contribution in [3.63, 3.8) is 0 Å². The molecule has 2 aromatic rings. The smallest absolute Gasteiger partial charge is 0.326 e. The van der Waals surface area contributed by atoms with Crippen LogP contribution in [0.3, 0.4) is 0 Å². The Morgan fingerprint density at radius 1 is 1.16 bits per heavy atom. The number of imide groups is 1. The second kappa shape index (κ2) is 5.51.